The smallest absolute Gasteiger partial charge is 0.0837 e. The Hall–Kier alpha value is -1.90. The van der Waals surface area contributed by atoms with Gasteiger partial charge in [-0.1, -0.05) is 66.8 Å². The van der Waals surface area contributed by atoms with Crippen molar-refractivity contribution in [1.82, 2.24) is 0 Å². The summed E-state index contributed by atoms with van der Waals surface area (Å²) < 4.78 is 0. The average molecular weight is 308 g/mol. The summed E-state index contributed by atoms with van der Waals surface area (Å²) in [7, 11) is 0. The fourth-order valence-corrected chi connectivity index (χ4v) is 3.12. The van der Waals surface area contributed by atoms with Gasteiger partial charge in [0.15, 0.2) is 0 Å². The summed E-state index contributed by atoms with van der Waals surface area (Å²) in [5.41, 5.74) is 2.10. The van der Waals surface area contributed by atoms with E-state index in [4.69, 9.17) is 0 Å². The second-order valence-corrected chi connectivity index (χ2v) is 7.04. The van der Waals surface area contributed by atoms with E-state index >= 15 is 0 Å². The van der Waals surface area contributed by atoms with Gasteiger partial charge in [-0.3, -0.25) is 0 Å². The molecule has 2 nitrogen and oxygen atoms in total. The van der Waals surface area contributed by atoms with Crippen LogP contribution in [0.5, 0.6) is 0 Å². The molecule has 1 aromatic rings. The first-order valence-corrected chi connectivity index (χ1v) is 8.15. The van der Waals surface area contributed by atoms with Gasteiger partial charge in [-0.25, -0.2) is 0 Å². The Morgan fingerprint density at radius 2 is 1.30 bits per heavy atom. The topological polar surface area (TPSA) is 40.5 Å². The largest absolute Gasteiger partial charge is 0.386 e. The van der Waals surface area contributed by atoms with Gasteiger partial charge in [-0.05, 0) is 43.4 Å². The van der Waals surface area contributed by atoms with Crippen LogP contribution in [0.1, 0.15) is 38.2 Å². The number of hydrogen-bond acceptors (Lipinski definition) is 2. The molecule has 0 saturated carbocycles. The minimum Gasteiger partial charge on any atom is -0.386 e. The fraction of sp³-hybridized carbons (Fsp3) is 0.333. The first kappa shape index (κ1) is 16.0. The quantitative estimate of drug-likeness (QED) is 0.884. The highest BCUT2D eigenvalue weighted by molar-refractivity contribution is 5.49. The molecule has 120 valence electrons. The molecule has 0 heterocycles. The van der Waals surface area contributed by atoms with Crippen LogP contribution in [0.4, 0.5) is 0 Å². The molecule has 23 heavy (non-hydrogen) atoms. The van der Waals surface area contributed by atoms with E-state index in [0.717, 1.165) is 0 Å². The van der Waals surface area contributed by atoms with Crippen molar-refractivity contribution in [2.45, 2.75) is 43.8 Å². The lowest BCUT2D eigenvalue weighted by Gasteiger charge is -2.29. The molecule has 0 bridgehead atoms. The van der Waals surface area contributed by atoms with Crippen molar-refractivity contribution in [3.63, 3.8) is 0 Å². The highest BCUT2D eigenvalue weighted by Gasteiger charge is 2.27. The molecule has 2 aliphatic carbocycles. The molecule has 2 aliphatic rings. The zero-order chi connectivity index (χ0) is 16.5. The minimum absolute atomic E-state index is 0.135. The van der Waals surface area contributed by atoms with Crippen molar-refractivity contribution in [3.05, 3.63) is 83.5 Å². The van der Waals surface area contributed by atoms with Gasteiger partial charge in [-0.15, -0.1) is 0 Å². The summed E-state index contributed by atoms with van der Waals surface area (Å²) in [5, 5.41) is 20.3. The number of aliphatic hydroxyl groups is 2. The molecule has 3 rings (SSSR count). The summed E-state index contributed by atoms with van der Waals surface area (Å²) in [6, 6.07) is 10.4. The van der Waals surface area contributed by atoms with Crippen LogP contribution in [0.3, 0.4) is 0 Å². The molecule has 0 amide bonds. The lowest BCUT2D eigenvalue weighted by atomic mass is 9.77. The fourth-order valence-electron chi connectivity index (χ4n) is 3.12. The van der Waals surface area contributed by atoms with Gasteiger partial charge < -0.3 is 10.2 Å². The van der Waals surface area contributed by atoms with Crippen LogP contribution in [-0.2, 0) is 0 Å². The van der Waals surface area contributed by atoms with Crippen LogP contribution >= 0.6 is 0 Å². The molecule has 0 radical (unpaired) electrons. The van der Waals surface area contributed by atoms with Gasteiger partial charge in [-0.2, -0.15) is 0 Å². The molecule has 0 aliphatic heterocycles. The van der Waals surface area contributed by atoms with Crippen LogP contribution in [0.25, 0.3) is 0 Å². The number of hydrogen-bond donors (Lipinski definition) is 2. The molecule has 0 saturated heterocycles. The van der Waals surface area contributed by atoms with E-state index in [1.165, 1.54) is 16.7 Å². The average Bonchev–Trinajstić information content (AvgIpc) is 2.52. The molecule has 0 aromatic heterocycles. The second kappa shape index (κ2) is 5.95. The molecule has 2 heteroatoms. The monoisotopic (exact) mass is 308 g/mol. The summed E-state index contributed by atoms with van der Waals surface area (Å²) >= 11 is 0. The Morgan fingerprint density at radius 3 is 1.70 bits per heavy atom. The standard InChI is InChI=1S/C21H24O2/c1-20(22)12-8-17(9-13-20)19(16-6-4-3-5-7-16)18-10-14-21(2,23)15-11-18/h3-12,14,19,22-23H,13,15H2,1-2H3. The van der Waals surface area contributed by atoms with Crippen molar-refractivity contribution in [2.24, 2.45) is 0 Å². The predicted octanol–water partition coefficient (Wildman–Crippen LogP) is 4.04. The Kier molecular flexibility index (Phi) is 4.13. The molecule has 2 unspecified atom stereocenters. The first-order valence-electron chi connectivity index (χ1n) is 8.15. The van der Waals surface area contributed by atoms with E-state index in [9.17, 15) is 10.2 Å². The molecular weight excluding hydrogens is 284 g/mol. The van der Waals surface area contributed by atoms with Crippen LogP contribution in [0.15, 0.2) is 77.9 Å². The maximum Gasteiger partial charge on any atom is 0.0837 e. The summed E-state index contributed by atoms with van der Waals surface area (Å²) in [6.07, 6.45) is 13.3. The van der Waals surface area contributed by atoms with Crippen molar-refractivity contribution in [2.75, 3.05) is 0 Å². The van der Waals surface area contributed by atoms with Crippen LogP contribution in [0.2, 0.25) is 0 Å². The third-order valence-corrected chi connectivity index (χ3v) is 4.57. The lowest BCUT2D eigenvalue weighted by molar-refractivity contribution is 0.113. The molecule has 2 atom stereocenters. The van der Waals surface area contributed by atoms with E-state index in [2.05, 4.69) is 36.4 Å². The van der Waals surface area contributed by atoms with Gasteiger partial charge in [0.05, 0.1) is 11.2 Å². The first-order chi connectivity index (χ1) is 10.9. The number of rotatable bonds is 3. The second-order valence-electron chi connectivity index (χ2n) is 7.04. The maximum atomic E-state index is 10.1. The van der Waals surface area contributed by atoms with Gasteiger partial charge in [0, 0.05) is 5.92 Å². The minimum atomic E-state index is -0.759. The predicted molar refractivity (Wildman–Crippen MR) is 94.1 cm³/mol. The van der Waals surface area contributed by atoms with Crippen molar-refractivity contribution >= 4 is 0 Å². The van der Waals surface area contributed by atoms with Crippen LogP contribution in [0, 0.1) is 0 Å². The molecular formula is C21H24O2. The molecule has 0 fully saturated rings. The zero-order valence-corrected chi connectivity index (χ0v) is 13.7. The normalized spacial score (nSPS) is 31.5. The number of allylic oxidation sites excluding steroid dienone is 4. The summed E-state index contributed by atoms with van der Waals surface area (Å²) in [5.74, 6) is 0.135. The molecule has 0 spiro atoms. The third-order valence-electron chi connectivity index (χ3n) is 4.57. The van der Waals surface area contributed by atoms with E-state index in [1.807, 2.05) is 44.2 Å². The molecule has 1 aromatic carbocycles. The van der Waals surface area contributed by atoms with Crippen molar-refractivity contribution in [3.8, 4) is 0 Å². The summed E-state index contributed by atoms with van der Waals surface area (Å²) in [6.45, 7) is 3.65. The van der Waals surface area contributed by atoms with E-state index in [-0.39, 0.29) is 5.92 Å². The molecule has 2 N–H and O–H groups in total. The highest BCUT2D eigenvalue weighted by atomic mass is 16.3. The van der Waals surface area contributed by atoms with Gasteiger partial charge in [0.2, 0.25) is 0 Å². The number of benzene rings is 1. The van der Waals surface area contributed by atoms with Crippen LogP contribution < -0.4 is 0 Å². The van der Waals surface area contributed by atoms with E-state index in [1.54, 1.807) is 0 Å². The summed E-state index contributed by atoms with van der Waals surface area (Å²) in [4.78, 5) is 0. The lowest BCUT2D eigenvalue weighted by Crippen LogP contribution is -2.24. The van der Waals surface area contributed by atoms with E-state index in [0.29, 0.717) is 12.8 Å². The van der Waals surface area contributed by atoms with Crippen LogP contribution in [-0.4, -0.2) is 21.4 Å². The maximum absolute atomic E-state index is 10.1. The van der Waals surface area contributed by atoms with Gasteiger partial charge in [0.1, 0.15) is 0 Å². The van der Waals surface area contributed by atoms with Crippen molar-refractivity contribution in [1.29, 1.82) is 0 Å². The highest BCUT2D eigenvalue weighted by Crippen LogP contribution is 2.39. The Bertz CT molecular complexity index is 646. The Morgan fingerprint density at radius 1 is 0.826 bits per heavy atom. The third kappa shape index (κ3) is 3.72. The van der Waals surface area contributed by atoms with Gasteiger partial charge >= 0.3 is 0 Å². The van der Waals surface area contributed by atoms with Crippen molar-refractivity contribution < 1.29 is 10.2 Å². The zero-order valence-electron chi connectivity index (χ0n) is 13.7. The Balaban J connectivity index is 1.97. The van der Waals surface area contributed by atoms with E-state index < -0.39 is 11.2 Å². The van der Waals surface area contributed by atoms with Gasteiger partial charge in [0.25, 0.3) is 0 Å². The Labute approximate surface area is 138 Å². The SMILES string of the molecule is CC1(O)C=CC(C(C2=CCC(C)(O)C=C2)c2ccccc2)=CC1.